The second-order valence-corrected chi connectivity index (χ2v) is 6.80. The summed E-state index contributed by atoms with van der Waals surface area (Å²) in [5, 5.41) is 3.77. The molecule has 1 fully saturated rings. The van der Waals surface area contributed by atoms with E-state index >= 15 is 0 Å². The molecule has 0 radical (unpaired) electrons. The van der Waals surface area contributed by atoms with E-state index in [0.717, 1.165) is 44.0 Å². The fourth-order valence-corrected chi connectivity index (χ4v) is 3.28. The van der Waals surface area contributed by atoms with E-state index in [4.69, 9.17) is 16.3 Å². The van der Waals surface area contributed by atoms with Crippen LogP contribution in [0.5, 0.6) is 0 Å². The monoisotopic (exact) mass is 371 g/mol. The molecule has 1 saturated heterocycles. The van der Waals surface area contributed by atoms with E-state index in [-0.39, 0.29) is 11.9 Å². The average Bonchev–Trinajstić information content (AvgIpc) is 2.68. The highest BCUT2D eigenvalue weighted by Crippen LogP contribution is 2.16. The van der Waals surface area contributed by atoms with Crippen LogP contribution in [0.4, 0.5) is 0 Å². The molecule has 3 rings (SSSR count). The highest BCUT2D eigenvalue weighted by molar-refractivity contribution is 6.32. The molecule has 5 heteroatoms. The van der Waals surface area contributed by atoms with Gasteiger partial charge in [0.25, 0.3) is 0 Å². The normalized spacial score (nSPS) is 16.5. The summed E-state index contributed by atoms with van der Waals surface area (Å²) in [7, 11) is 0. The van der Waals surface area contributed by atoms with Crippen LogP contribution in [0.1, 0.15) is 17.2 Å². The van der Waals surface area contributed by atoms with Crippen molar-refractivity contribution in [3.8, 4) is 0 Å². The molecule has 0 saturated carbocycles. The third-order valence-corrected chi connectivity index (χ3v) is 4.87. The molecule has 0 bridgehead atoms. The van der Waals surface area contributed by atoms with Crippen molar-refractivity contribution in [2.24, 2.45) is 0 Å². The Morgan fingerprint density at radius 1 is 1.12 bits per heavy atom. The summed E-state index contributed by atoms with van der Waals surface area (Å²) in [4.78, 5) is 13.9. The average molecular weight is 372 g/mol. The first-order chi connectivity index (χ1) is 12.7. The topological polar surface area (TPSA) is 42.8 Å². The number of ether oxygens (including phenoxy) is 1. The summed E-state index contributed by atoms with van der Waals surface area (Å²) >= 11 is 6.14. The zero-order valence-corrected chi connectivity index (χ0v) is 15.4. The van der Waals surface area contributed by atoms with Crippen molar-refractivity contribution < 1.29 is 14.4 Å². The van der Waals surface area contributed by atoms with E-state index < -0.39 is 0 Å². The zero-order chi connectivity index (χ0) is 18.2. The molecule has 1 atom stereocenters. The number of carbonyl (C=O) groups excluding carboxylic acids is 1. The number of rotatable bonds is 6. The van der Waals surface area contributed by atoms with Crippen molar-refractivity contribution in [2.45, 2.75) is 6.04 Å². The summed E-state index contributed by atoms with van der Waals surface area (Å²) < 4.78 is 5.43. The molecule has 4 nitrogen and oxygen atoms in total. The summed E-state index contributed by atoms with van der Waals surface area (Å²) in [5.74, 6) is -0.119. The molecule has 1 aliphatic rings. The van der Waals surface area contributed by atoms with Crippen LogP contribution in [-0.2, 0) is 9.53 Å². The Hall–Kier alpha value is -2.14. The van der Waals surface area contributed by atoms with Crippen LogP contribution in [0.2, 0.25) is 5.02 Å². The Morgan fingerprint density at radius 3 is 2.54 bits per heavy atom. The number of carbonyl (C=O) groups is 1. The fraction of sp³-hybridized carbons (Fsp3) is 0.286. The molecule has 1 heterocycles. The number of morpholine rings is 1. The molecule has 0 spiro atoms. The third-order valence-electron chi connectivity index (χ3n) is 4.53. The van der Waals surface area contributed by atoms with E-state index in [9.17, 15) is 4.79 Å². The minimum absolute atomic E-state index is 0.0345. The third kappa shape index (κ3) is 5.43. The lowest BCUT2D eigenvalue weighted by atomic mass is 10.1. The number of hydrogen-bond donors (Lipinski definition) is 2. The largest absolute Gasteiger partial charge is 0.370 e. The Balaban J connectivity index is 1.68. The van der Waals surface area contributed by atoms with Crippen LogP contribution in [0.15, 0.2) is 60.7 Å². The maximum atomic E-state index is 12.5. The van der Waals surface area contributed by atoms with Gasteiger partial charge in [-0.3, -0.25) is 4.79 Å². The highest BCUT2D eigenvalue weighted by Gasteiger charge is 2.22. The number of benzene rings is 2. The number of halogens is 1. The second-order valence-electron chi connectivity index (χ2n) is 6.39. The minimum atomic E-state index is -0.119. The van der Waals surface area contributed by atoms with Gasteiger partial charge in [-0.15, -0.1) is 0 Å². The van der Waals surface area contributed by atoms with Gasteiger partial charge in [-0.05, 0) is 23.3 Å². The predicted molar refractivity (Wildman–Crippen MR) is 104 cm³/mol. The molecule has 0 aliphatic carbocycles. The first-order valence-corrected chi connectivity index (χ1v) is 9.29. The van der Waals surface area contributed by atoms with Crippen molar-refractivity contribution in [3.63, 3.8) is 0 Å². The molecule has 136 valence electrons. The molecule has 0 aromatic heterocycles. The number of quaternary nitrogens is 1. The van der Waals surface area contributed by atoms with Crippen LogP contribution < -0.4 is 10.2 Å². The highest BCUT2D eigenvalue weighted by atomic mass is 35.5. The van der Waals surface area contributed by atoms with Gasteiger partial charge in [-0.25, -0.2) is 0 Å². The van der Waals surface area contributed by atoms with E-state index in [1.165, 1.54) is 4.90 Å². The quantitative estimate of drug-likeness (QED) is 0.764. The summed E-state index contributed by atoms with van der Waals surface area (Å²) in [6.45, 7) is 4.33. The maximum Gasteiger partial charge on any atom is 0.244 e. The molecule has 1 aliphatic heterocycles. The second kappa shape index (κ2) is 9.53. The van der Waals surface area contributed by atoms with Crippen LogP contribution in [-0.4, -0.2) is 38.8 Å². The van der Waals surface area contributed by atoms with Crippen LogP contribution in [0, 0.1) is 0 Å². The van der Waals surface area contributed by atoms with E-state index in [0.29, 0.717) is 5.02 Å². The Bertz CT molecular complexity index is 743. The number of nitrogens with one attached hydrogen (secondary N) is 2. The zero-order valence-electron chi connectivity index (χ0n) is 14.7. The van der Waals surface area contributed by atoms with Crippen molar-refractivity contribution in [2.75, 3.05) is 32.8 Å². The van der Waals surface area contributed by atoms with E-state index in [2.05, 4.69) is 17.4 Å². The molecular formula is C21H24ClN2O2+. The van der Waals surface area contributed by atoms with Crippen molar-refractivity contribution in [3.05, 3.63) is 76.8 Å². The van der Waals surface area contributed by atoms with Crippen molar-refractivity contribution in [1.82, 2.24) is 5.32 Å². The van der Waals surface area contributed by atoms with E-state index in [1.54, 1.807) is 12.2 Å². The predicted octanol–water partition coefficient (Wildman–Crippen LogP) is 2.13. The van der Waals surface area contributed by atoms with Crippen molar-refractivity contribution >= 4 is 23.6 Å². The van der Waals surface area contributed by atoms with Crippen LogP contribution in [0.3, 0.4) is 0 Å². The lowest BCUT2D eigenvalue weighted by Crippen LogP contribution is -3.14. The van der Waals surface area contributed by atoms with Gasteiger partial charge in [0.1, 0.15) is 25.7 Å². The van der Waals surface area contributed by atoms with Gasteiger partial charge in [0.05, 0.1) is 13.2 Å². The van der Waals surface area contributed by atoms with Gasteiger partial charge < -0.3 is 15.0 Å². The Labute approximate surface area is 159 Å². The van der Waals surface area contributed by atoms with Gasteiger partial charge in [0, 0.05) is 11.1 Å². The Kier molecular flexibility index (Phi) is 6.83. The van der Waals surface area contributed by atoms with Gasteiger partial charge in [0.2, 0.25) is 5.91 Å². The van der Waals surface area contributed by atoms with Crippen LogP contribution in [0.25, 0.3) is 6.08 Å². The summed E-state index contributed by atoms with van der Waals surface area (Å²) in [6, 6.07) is 17.5. The molecule has 0 unspecified atom stereocenters. The molecule has 1 amide bonds. The molecule has 2 aromatic carbocycles. The summed E-state index contributed by atoms with van der Waals surface area (Å²) in [6.07, 6.45) is 3.30. The lowest BCUT2D eigenvalue weighted by Gasteiger charge is -2.28. The SMILES string of the molecule is O=C(/C=C/c1ccccc1Cl)N[C@@H](C[NH+]1CCOCC1)c1ccccc1. The van der Waals surface area contributed by atoms with Gasteiger partial charge in [-0.1, -0.05) is 60.1 Å². The van der Waals surface area contributed by atoms with Gasteiger partial charge >= 0.3 is 0 Å². The Morgan fingerprint density at radius 2 is 1.81 bits per heavy atom. The lowest BCUT2D eigenvalue weighted by molar-refractivity contribution is -0.909. The van der Waals surface area contributed by atoms with Crippen molar-refractivity contribution in [1.29, 1.82) is 0 Å². The molecular weight excluding hydrogens is 348 g/mol. The molecule has 2 aromatic rings. The minimum Gasteiger partial charge on any atom is -0.370 e. The van der Waals surface area contributed by atoms with E-state index in [1.807, 2.05) is 42.5 Å². The fourth-order valence-electron chi connectivity index (χ4n) is 3.09. The summed E-state index contributed by atoms with van der Waals surface area (Å²) in [5.41, 5.74) is 1.95. The van der Waals surface area contributed by atoms with Crippen LogP contribution >= 0.6 is 11.6 Å². The number of hydrogen-bond acceptors (Lipinski definition) is 2. The van der Waals surface area contributed by atoms with Gasteiger partial charge in [0.15, 0.2) is 0 Å². The molecule has 26 heavy (non-hydrogen) atoms. The molecule has 2 N–H and O–H groups in total. The van der Waals surface area contributed by atoms with Gasteiger partial charge in [-0.2, -0.15) is 0 Å². The first-order valence-electron chi connectivity index (χ1n) is 8.92. The standard InChI is InChI=1S/C21H23ClN2O2/c22-19-9-5-4-6-17(19)10-11-21(25)23-20(18-7-2-1-3-8-18)16-24-12-14-26-15-13-24/h1-11,20H,12-16H2,(H,23,25)/p+1/b11-10+/t20-/m0/s1. The number of amides is 1. The smallest absolute Gasteiger partial charge is 0.244 e. The maximum absolute atomic E-state index is 12.5. The first kappa shape index (κ1) is 18.6.